The number of halogens is 1. The molecule has 1 N–H and O–H groups in total. The van der Waals surface area contributed by atoms with Crippen molar-refractivity contribution in [1.29, 1.82) is 0 Å². The number of hydrogen-bond acceptors (Lipinski definition) is 4. The zero-order valence-corrected chi connectivity index (χ0v) is 10.1. The summed E-state index contributed by atoms with van der Waals surface area (Å²) in [7, 11) is 1.40. The summed E-state index contributed by atoms with van der Waals surface area (Å²) in [6.45, 7) is 1.85. The van der Waals surface area contributed by atoms with Crippen LogP contribution >= 0.6 is 0 Å². The van der Waals surface area contributed by atoms with Crippen molar-refractivity contribution in [2.24, 2.45) is 0 Å². The fourth-order valence-electron chi connectivity index (χ4n) is 2.16. The van der Waals surface area contributed by atoms with Crippen LogP contribution < -0.4 is 11.2 Å². The highest BCUT2D eigenvalue weighted by atomic mass is 19.1. The van der Waals surface area contributed by atoms with Crippen LogP contribution in [0, 0.1) is 0 Å². The molecule has 0 spiro atoms. The highest BCUT2D eigenvalue weighted by Gasteiger charge is 2.45. The predicted octanol–water partition coefficient (Wildman–Crippen LogP) is 0.197. The molecule has 0 bridgehead atoms. The third-order valence-electron chi connectivity index (χ3n) is 3.07. The maximum Gasteiger partial charge on any atom is 0.330 e. The van der Waals surface area contributed by atoms with Gasteiger partial charge in [0, 0.05) is 19.4 Å². The molecule has 1 aliphatic rings. The normalized spacial score (nSPS) is 31.7. The molecule has 18 heavy (non-hydrogen) atoms. The summed E-state index contributed by atoms with van der Waals surface area (Å²) in [5.41, 5.74) is -1.22. The number of H-pyrrole nitrogens is 1. The van der Waals surface area contributed by atoms with Crippen molar-refractivity contribution in [3.8, 4) is 0 Å². The minimum atomic E-state index is -1.46. The third kappa shape index (κ3) is 2.11. The number of nitrogens with one attached hydrogen (secondary N) is 1. The lowest BCUT2D eigenvalue weighted by atomic mass is 10.1. The van der Waals surface area contributed by atoms with E-state index >= 15 is 0 Å². The van der Waals surface area contributed by atoms with E-state index in [1.165, 1.54) is 13.3 Å². The number of aromatic amines is 1. The Morgan fingerprint density at radius 3 is 2.78 bits per heavy atom. The van der Waals surface area contributed by atoms with Gasteiger partial charge in [0.05, 0.1) is 6.10 Å². The summed E-state index contributed by atoms with van der Waals surface area (Å²) in [5, 5.41) is 0. The fourth-order valence-corrected chi connectivity index (χ4v) is 2.16. The van der Waals surface area contributed by atoms with Gasteiger partial charge in [-0.05, 0) is 6.42 Å². The van der Waals surface area contributed by atoms with E-state index in [1.54, 1.807) is 0 Å². The molecule has 1 aromatic rings. The number of methoxy groups -OCH3 is 1. The van der Waals surface area contributed by atoms with E-state index in [0.29, 0.717) is 6.42 Å². The molecule has 1 aromatic heterocycles. The molecular weight excluding hydrogens is 243 g/mol. The lowest BCUT2D eigenvalue weighted by Gasteiger charge is -2.16. The van der Waals surface area contributed by atoms with Crippen LogP contribution in [0.5, 0.6) is 0 Å². The van der Waals surface area contributed by atoms with Crippen molar-refractivity contribution in [3.05, 3.63) is 33.1 Å². The summed E-state index contributed by atoms with van der Waals surface area (Å²) in [6, 6.07) is 1.15. The van der Waals surface area contributed by atoms with Crippen LogP contribution in [0.15, 0.2) is 21.9 Å². The van der Waals surface area contributed by atoms with Crippen molar-refractivity contribution in [2.45, 2.75) is 38.0 Å². The zero-order chi connectivity index (χ0) is 13.3. The number of hydrogen-bond donors (Lipinski definition) is 1. The van der Waals surface area contributed by atoms with Crippen molar-refractivity contribution in [2.75, 3.05) is 7.11 Å². The Balaban J connectivity index is 2.34. The molecule has 1 saturated heterocycles. The minimum Gasteiger partial charge on any atom is -0.376 e. The lowest BCUT2D eigenvalue weighted by molar-refractivity contribution is -0.0323. The Morgan fingerprint density at radius 1 is 1.56 bits per heavy atom. The fraction of sp³-hybridized carbons (Fsp3) is 0.636. The SMILES string of the molecule is CC[C@H]1OC(n2ccc(=O)[nH]c2=O)C(F)C1OC. The molecule has 1 fully saturated rings. The van der Waals surface area contributed by atoms with Crippen molar-refractivity contribution in [3.63, 3.8) is 0 Å². The van der Waals surface area contributed by atoms with Crippen LogP contribution in [0.1, 0.15) is 19.6 Å². The minimum absolute atomic E-state index is 0.408. The van der Waals surface area contributed by atoms with Crippen LogP contribution in [-0.2, 0) is 9.47 Å². The molecule has 4 atom stereocenters. The molecule has 7 heteroatoms. The summed E-state index contributed by atoms with van der Waals surface area (Å²) >= 11 is 0. The smallest absolute Gasteiger partial charge is 0.330 e. The van der Waals surface area contributed by atoms with Crippen LogP contribution in [-0.4, -0.2) is 35.0 Å². The predicted molar refractivity (Wildman–Crippen MR) is 61.2 cm³/mol. The Kier molecular flexibility index (Phi) is 3.63. The van der Waals surface area contributed by atoms with Gasteiger partial charge in [-0.25, -0.2) is 9.18 Å². The molecule has 0 radical (unpaired) electrons. The highest BCUT2D eigenvalue weighted by molar-refractivity contribution is 4.93. The molecule has 0 saturated carbocycles. The van der Waals surface area contributed by atoms with Gasteiger partial charge in [0.1, 0.15) is 6.10 Å². The first-order chi connectivity index (χ1) is 8.58. The second kappa shape index (κ2) is 5.03. The topological polar surface area (TPSA) is 73.3 Å². The van der Waals surface area contributed by atoms with Crippen molar-refractivity contribution < 1.29 is 13.9 Å². The van der Waals surface area contributed by atoms with Gasteiger partial charge in [-0.3, -0.25) is 14.3 Å². The van der Waals surface area contributed by atoms with Gasteiger partial charge in [-0.2, -0.15) is 0 Å². The molecule has 100 valence electrons. The molecule has 2 rings (SSSR count). The van der Waals surface area contributed by atoms with E-state index in [4.69, 9.17) is 9.47 Å². The van der Waals surface area contributed by atoms with Crippen molar-refractivity contribution >= 4 is 0 Å². The van der Waals surface area contributed by atoms with Gasteiger partial charge in [-0.1, -0.05) is 6.92 Å². The average molecular weight is 258 g/mol. The number of nitrogens with zero attached hydrogens (tertiary/aromatic N) is 1. The average Bonchev–Trinajstić information content (AvgIpc) is 2.66. The van der Waals surface area contributed by atoms with Gasteiger partial charge < -0.3 is 9.47 Å². The van der Waals surface area contributed by atoms with Gasteiger partial charge in [0.25, 0.3) is 5.56 Å². The Bertz CT molecular complexity index is 526. The Labute approximate surface area is 102 Å². The zero-order valence-electron chi connectivity index (χ0n) is 10.1. The van der Waals surface area contributed by atoms with Crippen LogP contribution in [0.2, 0.25) is 0 Å². The highest BCUT2D eigenvalue weighted by Crippen LogP contribution is 2.33. The molecule has 6 nitrogen and oxygen atoms in total. The monoisotopic (exact) mass is 258 g/mol. The first kappa shape index (κ1) is 13.0. The molecule has 1 aliphatic heterocycles. The second-order valence-electron chi connectivity index (χ2n) is 4.14. The van der Waals surface area contributed by atoms with Gasteiger partial charge in [0.2, 0.25) is 0 Å². The number of aromatic nitrogens is 2. The lowest BCUT2D eigenvalue weighted by Crippen LogP contribution is -2.36. The molecular formula is C11H15FN2O4. The number of ether oxygens (including phenoxy) is 2. The maximum atomic E-state index is 14.2. The standard InChI is InChI=1S/C11H15FN2O4/c1-3-6-9(17-2)8(12)10(18-6)14-5-4-7(15)13-11(14)16/h4-6,8-10H,3H2,1-2H3,(H,13,15,16)/t6-,8?,9?,10?/m1/s1. The molecule has 0 aliphatic carbocycles. The van der Waals surface area contributed by atoms with E-state index in [1.807, 2.05) is 6.92 Å². The van der Waals surface area contributed by atoms with Crippen LogP contribution in [0.4, 0.5) is 4.39 Å². The van der Waals surface area contributed by atoms with Gasteiger partial charge >= 0.3 is 5.69 Å². The van der Waals surface area contributed by atoms with E-state index < -0.39 is 35.9 Å². The Morgan fingerprint density at radius 2 is 2.28 bits per heavy atom. The molecule has 0 amide bonds. The summed E-state index contributed by atoms with van der Waals surface area (Å²) in [4.78, 5) is 24.6. The summed E-state index contributed by atoms with van der Waals surface area (Å²) in [5.74, 6) is 0. The summed E-state index contributed by atoms with van der Waals surface area (Å²) in [6.07, 6.45) is -1.84. The maximum absolute atomic E-state index is 14.2. The molecule has 3 unspecified atom stereocenters. The van der Waals surface area contributed by atoms with Gasteiger partial charge in [-0.15, -0.1) is 0 Å². The van der Waals surface area contributed by atoms with Gasteiger partial charge in [0.15, 0.2) is 12.4 Å². The first-order valence-corrected chi connectivity index (χ1v) is 5.72. The van der Waals surface area contributed by atoms with Crippen LogP contribution in [0.3, 0.4) is 0 Å². The quantitative estimate of drug-likeness (QED) is 0.840. The largest absolute Gasteiger partial charge is 0.376 e. The van der Waals surface area contributed by atoms with Crippen molar-refractivity contribution in [1.82, 2.24) is 9.55 Å². The second-order valence-corrected chi connectivity index (χ2v) is 4.14. The van der Waals surface area contributed by atoms with Crippen LogP contribution in [0.25, 0.3) is 0 Å². The van der Waals surface area contributed by atoms with E-state index in [2.05, 4.69) is 4.98 Å². The molecule has 2 heterocycles. The number of alkyl halides is 1. The van der Waals surface area contributed by atoms with E-state index in [9.17, 15) is 14.0 Å². The molecule has 0 aromatic carbocycles. The Hall–Kier alpha value is -1.47. The number of rotatable bonds is 3. The first-order valence-electron chi connectivity index (χ1n) is 5.72. The van der Waals surface area contributed by atoms with E-state index in [-0.39, 0.29) is 0 Å². The van der Waals surface area contributed by atoms with E-state index in [0.717, 1.165) is 10.6 Å². The third-order valence-corrected chi connectivity index (χ3v) is 3.07. The summed E-state index contributed by atoms with van der Waals surface area (Å²) < 4.78 is 25.7.